The van der Waals surface area contributed by atoms with E-state index in [9.17, 15) is 9.59 Å². The van der Waals surface area contributed by atoms with E-state index in [1.54, 1.807) is 0 Å². The zero-order valence-corrected chi connectivity index (χ0v) is 43.3. The molecule has 5 heteroatoms. The molecule has 0 spiro atoms. The van der Waals surface area contributed by atoms with Crippen LogP contribution in [0.5, 0.6) is 0 Å². The number of hydrogen-bond donors (Lipinski definition) is 0. The van der Waals surface area contributed by atoms with E-state index in [-0.39, 0.29) is 18.5 Å². The maximum Gasteiger partial charge on any atom is 0.306 e. The molecule has 0 aliphatic rings. The van der Waals surface area contributed by atoms with Crippen LogP contribution >= 0.6 is 0 Å². The number of ether oxygens (including phenoxy) is 3. The molecule has 0 aliphatic carbocycles. The Hall–Kier alpha value is -1.88. The van der Waals surface area contributed by atoms with E-state index in [0.29, 0.717) is 26.1 Å². The van der Waals surface area contributed by atoms with Gasteiger partial charge in [-0.15, -0.1) is 0 Å². The van der Waals surface area contributed by atoms with E-state index in [4.69, 9.17) is 14.2 Å². The molecule has 0 radical (unpaired) electrons. The van der Waals surface area contributed by atoms with Crippen LogP contribution < -0.4 is 0 Å². The van der Waals surface area contributed by atoms with Gasteiger partial charge in [0.15, 0.2) is 6.10 Å². The topological polar surface area (TPSA) is 61.8 Å². The largest absolute Gasteiger partial charge is 0.462 e. The highest BCUT2D eigenvalue weighted by atomic mass is 16.6. The number of allylic oxidation sites excluding steroid dienone is 6. The van der Waals surface area contributed by atoms with Gasteiger partial charge in [0.1, 0.15) is 6.61 Å². The third kappa shape index (κ3) is 52.7. The average Bonchev–Trinajstić information content (AvgIpc) is 3.30. The third-order valence-corrected chi connectivity index (χ3v) is 12.6. The SMILES string of the molecule is CCCCC/C=C\C/C=C\CCCCCCCCCCCC(=O)OCC(COCCCCCCCCCCCCCC)OC(=O)CCCCCCCCC/C=C\CCCCCCCC. The van der Waals surface area contributed by atoms with Crippen LogP contribution in [0.2, 0.25) is 0 Å². The molecule has 0 heterocycles. The normalized spacial score (nSPS) is 12.4. The molecule has 1 unspecified atom stereocenters. The van der Waals surface area contributed by atoms with Gasteiger partial charge in [0, 0.05) is 19.4 Å². The van der Waals surface area contributed by atoms with Crippen molar-refractivity contribution in [3.8, 4) is 0 Å². The van der Waals surface area contributed by atoms with Gasteiger partial charge in [-0.3, -0.25) is 9.59 Å². The van der Waals surface area contributed by atoms with Gasteiger partial charge in [-0.25, -0.2) is 0 Å². The lowest BCUT2D eigenvalue weighted by atomic mass is 10.1. The molecule has 0 saturated carbocycles. The third-order valence-electron chi connectivity index (χ3n) is 12.6. The van der Waals surface area contributed by atoms with E-state index in [1.165, 1.54) is 231 Å². The predicted molar refractivity (Wildman–Crippen MR) is 279 cm³/mol. The summed E-state index contributed by atoms with van der Waals surface area (Å²) in [5, 5.41) is 0. The van der Waals surface area contributed by atoms with Gasteiger partial charge in [-0.1, -0.05) is 250 Å². The van der Waals surface area contributed by atoms with Gasteiger partial charge < -0.3 is 14.2 Å². The smallest absolute Gasteiger partial charge is 0.306 e. The molecular formula is C59H110O5. The lowest BCUT2D eigenvalue weighted by Crippen LogP contribution is -2.30. The Kier molecular flexibility index (Phi) is 53.8. The Bertz CT molecular complexity index is 1020. The Morgan fingerprint density at radius 1 is 0.344 bits per heavy atom. The first kappa shape index (κ1) is 62.1. The molecule has 64 heavy (non-hydrogen) atoms. The lowest BCUT2D eigenvalue weighted by Gasteiger charge is -2.18. The molecule has 0 N–H and O–H groups in total. The molecule has 0 aromatic carbocycles. The van der Waals surface area contributed by atoms with Crippen LogP contribution in [-0.2, 0) is 23.8 Å². The van der Waals surface area contributed by atoms with Gasteiger partial charge >= 0.3 is 11.9 Å². The second kappa shape index (κ2) is 55.4. The van der Waals surface area contributed by atoms with Crippen molar-refractivity contribution in [1.29, 1.82) is 0 Å². The first-order valence-electron chi connectivity index (χ1n) is 28.5. The van der Waals surface area contributed by atoms with Crippen LogP contribution in [0.4, 0.5) is 0 Å². The fraction of sp³-hybridized carbons (Fsp3) is 0.864. The van der Waals surface area contributed by atoms with Crippen LogP contribution in [0.15, 0.2) is 36.5 Å². The zero-order chi connectivity index (χ0) is 46.3. The molecule has 0 amide bonds. The van der Waals surface area contributed by atoms with Gasteiger partial charge in [-0.05, 0) is 77.0 Å². The molecule has 0 fully saturated rings. The summed E-state index contributed by atoms with van der Waals surface area (Å²) < 4.78 is 17.5. The maximum atomic E-state index is 12.8. The van der Waals surface area contributed by atoms with Crippen molar-refractivity contribution in [3.63, 3.8) is 0 Å². The van der Waals surface area contributed by atoms with Crippen LogP contribution in [0.25, 0.3) is 0 Å². The monoisotopic (exact) mass is 899 g/mol. The highest BCUT2D eigenvalue weighted by Gasteiger charge is 2.17. The quantitative estimate of drug-likeness (QED) is 0.0346. The minimum absolute atomic E-state index is 0.0865. The predicted octanol–water partition coefficient (Wildman–Crippen LogP) is 19.4. The summed E-state index contributed by atoms with van der Waals surface area (Å²) in [6, 6.07) is 0. The van der Waals surface area contributed by atoms with Crippen LogP contribution in [0.3, 0.4) is 0 Å². The Morgan fingerprint density at radius 3 is 1.08 bits per heavy atom. The second-order valence-electron chi connectivity index (χ2n) is 19.2. The summed E-state index contributed by atoms with van der Waals surface area (Å²) in [6.07, 6.45) is 67.3. The molecule has 0 saturated heterocycles. The van der Waals surface area contributed by atoms with Crippen LogP contribution in [0, 0.1) is 0 Å². The Balaban J connectivity index is 4.21. The van der Waals surface area contributed by atoms with Gasteiger partial charge in [-0.2, -0.15) is 0 Å². The molecule has 0 aromatic rings. The van der Waals surface area contributed by atoms with Crippen molar-refractivity contribution in [1.82, 2.24) is 0 Å². The Labute approximate surface area is 400 Å². The number of esters is 2. The summed E-state index contributed by atoms with van der Waals surface area (Å²) in [7, 11) is 0. The fourth-order valence-electron chi connectivity index (χ4n) is 8.36. The summed E-state index contributed by atoms with van der Waals surface area (Å²) >= 11 is 0. The molecule has 1 atom stereocenters. The highest BCUT2D eigenvalue weighted by Crippen LogP contribution is 2.16. The number of hydrogen-bond acceptors (Lipinski definition) is 5. The van der Waals surface area contributed by atoms with Crippen molar-refractivity contribution in [3.05, 3.63) is 36.5 Å². The van der Waals surface area contributed by atoms with Gasteiger partial charge in [0.05, 0.1) is 6.61 Å². The molecule has 0 rings (SSSR count). The molecule has 5 nitrogen and oxygen atoms in total. The van der Waals surface area contributed by atoms with E-state index in [2.05, 4.69) is 57.2 Å². The highest BCUT2D eigenvalue weighted by molar-refractivity contribution is 5.70. The Morgan fingerprint density at radius 2 is 0.656 bits per heavy atom. The number of rotatable bonds is 53. The summed E-state index contributed by atoms with van der Waals surface area (Å²) in [5.74, 6) is -0.390. The zero-order valence-electron chi connectivity index (χ0n) is 43.3. The van der Waals surface area contributed by atoms with E-state index in [1.807, 2.05) is 0 Å². The van der Waals surface area contributed by atoms with Crippen LogP contribution in [-0.4, -0.2) is 37.9 Å². The number of unbranched alkanes of at least 4 members (excludes halogenated alkanes) is 36. The van der Waals surface area contributed by atoms with Crippen molar-refractivity contribution in [2.24, 2.45) is 0 Å². The molecule has 0 bridgehead atoms. The summed E-state index contributed by atoms with van der Waals surface area (Å²) in [5.41, 5.74) is 0. The summed E-state index contributed by atoms with van der Waals surface area (Å²) in [4.78, 5) is 25.5. The number of carbonyl (C=O) groups excluding carboxylic acids is 2. The van der Waals surface area contributed by atoms with E-state index < -0.39 is 6.10 Å². The minimum Gasteiger partial charge on any atom is -0.462 e. The fourth-order valence-corrected chi connectivity index (χ4v) is 8.36. The summed E-state index contributed by atoms with van der Waals surface area (Å²) in [6.45, 7) is 7.85. The van der Waals surface area contributed by atoms with Crippen molar-refractivity contribution in [2.45, 2.75) is 309 Å². The van der Waals surface area contributed by atoms with Crippen molar-refractivity contribution < 1.29 is 23.8 Å². The standard InChI is InChI=1S/C59H110O5/c1-4-7-10-13-16-19-22-25-27-29-30-32-33-35-37-40-43-46-49-52-58(60)63-56-57(55-62-54-51-48-45-42-39-24-21-18-15-12-9-6-3)64-59(61)53-50-47-44-41-38-36-34-31-28-26-23-20-17-14-11-8-5-2/h16,19,25-28,57H,4-15,17-18,20-24,29-56H2,1-3H3/b19-16-,27-25-,28-26-. The van der Waals surface area contributed by atoms with Gasteiger partial charge in [0.25, 0.3) is 0 Å². The molecule has 0 aromatic heterocycles. The molecule has 376 valence electrons. The van der Waals surface area contributed by atoms with E-state index in [0.717, 1.165) is 38.5 Å². The van der Waals surface area contributed by atoms with Crippen molar-refractivity contribution >= 4 is 11.9 Å². The van der Waals surface area contributed by atoms with Crippen molar-refractivity contribution in [2.75, 3.05) is 19.8 Å². The second-order valence-corrected chi connectivity index (χ2v) is 19.2. The number of carbonyl (C=O) groups is 2. The van der Waals surface area contributed by atoms with E-state index >= 15 is 0 Å². The van der Waals surface area contributed by atoms with Crippen LogP contribution in [0.1, 0.15) is 303 Å². The maximum absolute atomic E-state index is 12.8. The molecule has 0 aliphatic heterocycles. The first-order chi connectivity index (χ1) is 31.6. The minimum atomic E-state index is -0.535. The van der Waals surface area contributed by atoms with Gasteiger partial charge in [0.2, 0.25) is 0 Å². The lowest BCUT2D eigenvalue weighted by molar-refractivity contribution is -0.163. The first-order valence-corrected chi connectivity index (χ1v) is 28.5. The molecular weight excluding hydrogens is 789 g/mol. The average molecular weight is 900 g/mol.